The van der Waals surface area contributed by atoms with Gasteiger partial charge in [0.1, 0.15) is 10.8 Å². The quantitative estimate of drug-likeness (QED) is 0.312. The first-order valence-corrected chi connectivity index (χ1v) is 11.5. The van der Waals surface area contributed by atoms with Crippen molar-refractivity contribution in [1.82, 2.24) is 14.5 Å². The van der Waals surface area contributed by atoms with E-state index in [-0.39, 0.29) is 18.2 Å². The summed E-state index contributed by atoms with van der Waals surface area (Å²) in [7, 11) is 0. The molecule has 1 amide bonds. The van der Waals surface area contributed by atoms with Crippen LogP contribution in [0, 0.1) is 0 Å². The third kappa shape index (κ3) is 4.04. The molecular formula is C23H16F2N4OS2. The van der Waals surface area contributed by atoms with Gasteiger partial charge in [0.15, 0.2) is 0 Å². The molecule has 0 radical (unpaired) electrons. The Morgan fingerprint density at radius 2 is 1.81 bits per heavy atom. The molecule has 0 aliphatic rings. The van der Waals surface area contributed by atoms with E-state index in [0.29, 0.717) is 28.0 Å². The van der Waals surface area contributed by atoms with Crippen LogP contribution in [0.1, 0.15) is 12.2 Å². The van der Waals surface area contributed by atoms with Crippen LogP contribution in [0.15, 0.2) is 70.7 Å². The molecule has 3 aromatic heterocycles. The minimum Gasteiger partial charge on any atom is -0.326 e. The standard InChI is InChI=1S/C23H16F2N4OS2/c24-23(25)29-19-4-2-1-3-18(19)28-21(29)14-5-7-16(8-6-14)26-20(30)11-17-13-32-22(27-17)15-9-10-31-12-15/h1-10,12-13,23H,11H2,(H,26,30). The molecule has 9 heteroatoms. The second-order valence-electron chi connectivity index (χ2n) is 7.03. The third-order valence-electron chi connectivity index (χ3n) is 4.88. The molecule has 5 nitrogen and oxygen atoms in total. The maximum absolute atomic E-state index is 13.7. The summed E-state index contributed by atoms with van der Waals surface area (Å²) >= 11 is 3.11. The number of aromatic nitrogens is 3. The fourth-order valence-electron chi connectivity index (χ4n) is 3.42. The fourth-order valence-corrected chi connectivity index (χ4v) is 4.96. The van der Waals surface area contributed by atoms with E-state index in [0.717, 1.165) is 15.1 Å². The van der Waals surface area contributed by atoms with E-state index in [9.17, 15) is 13.6 Å². The van der Waals surface area contributed by atoms with Gasteiger partial charge in [-0.1, -0.05) is 12.1 Å². The molecule has 5 rings (SSSR count). The molecule has 32 heavy (non-hydrogen) atoms. The van der Waals surface area contributed by atoms with E-state index in [1.807, 2.05) is 22.2 Å². The zero-order valence-electron chi connectivity index (χ0n) is 16.5. The predicted molar refractivity (Wildman–Crippen MR) is 124 cm³/mol. The Morgan fingerprint density at radius 3 is 2.56 bits per heavy atom. The Labute approximate surface area is 190 Å². The molecule has 0 bridgehead atoms. The number of fused-ring (bicyclic) bond motifs is 1. The summed E-state index contributed by atoms with van der Waals surface area (Å²) in [5.74, 6) is -0.0118. The van der Waals surface area contributed by atoms with Crippen LogP contribution in [-0.2, 0) is 11.2 Å². The molecule has 0 atom stereocenters. The third-order valence-corrected chi connectivity index (χ3v) is 6.50. The lowest BCUT2D eigenvalue weighted by Crippen LogP contribution is -2.14. The van der Waals surface area contributed by atoms with Gasteiger partial charge in [0.2, 0.25) is 5.91 Å². The largest absolute Gasteiger partial charge is 0.326 e. The van der Waals surface area contributed by atoms with Crippen molar-refractivity contribution in [2.75, 3.05) is 5.32 Å². The van der Waals surface area contributed by atoms with Crippen LogP contribution in [0.3, 0.4) is 0 Å². The van der Waals surface area contributed by atoms with Crippen LogP contribution < -0.4 is 5.32 Å². The molecule has 0 aliphatic carbocycles. The number of carbonyl (C=O) groups is 1. The number of amides is 1. The number of hydrogen-bond donors (Lipinski definition) is 1. The van der Waals surface area contributed by atoms with Gasteiger partial charge in [-0.05, 0) is 47.8 Å². The maximum Gasteiger partial charge on any atom is 0.320 e. The molecule has 0 saturated heterocycles. The number of halogens is 2. The number of nitrogens with zero attached hydrogens (tertiary/aromatic N) is 3. The van der Waals surface area contributed by atoms with E-state index in [1.165, 1.54) is 11.3 Å². The molecule has 0 spiro atoms. The highest BCUT2D eigenvalue weighted by atomic mass is 32.1. The molecule has 2 aromatic carbocycles. The molecular weight excluding hydrogens is 450 g/mol. The molecule has 0 saturated carbocycles. The van der Waals surface area contributed by atoms with Crippen molar-refractivity contribution in [2.24, 2.45) is 0 Å². The molecule has 0 unspecified atom stereocenters. The Kier molecular flexibility index (Phi) is 5.50. The van der Waals surface area contributed by atoms with Gasteiger partial charge in [0.25, 0.3) is 0 Å². The lowest BCUT2D eigenvalue weighted by molar-refractivity contribution is -0.115. The average molecular weight is 467 g/mol. The monoisotopic (exact) mass is 466 g/mol. The first kappa shape index (κ1) is 20.5. The number of hydrogen-bond acceptors (Lipinski definition) is 5. The lowest BCUT2D eigenvalue weighted by Gasteiger charge is -2.09. The summed E-state index contributed by atoms with van der Waals surface area (Å²) in [4.78, 5) is 21.3. The number of anilines is 1. The Bertz CT molecular complexity index is 1380. The highest BCUT2D eigenvalue weighted by molar-refractivity contribution is 7.14. The van der Waals surface area contributed by atoms with Gasteiger partial charge in [-0.25, -0.2) is 9.97 Å². The number of rotatable bonds is 6. The molecule has 5 aromatic rings. The van der Waals surface area contributed by atoms with E-state index >= 15 is 0 Å². The summed E-state index contributed by atoms with van der Waals surface area (Å²) in [6, 6.07) is 15.5. The van der Waals surface area contributed by atoms with Crippen molar-refractivity contribution in [3.05, 3.63) is 76.4 Å². The van der Waals surface area contributed by atoms with Crippen LogP contribution in [0.5, 0.6) is 0 Å². The van der Waals surface area contributed by atoms with Crippen LogP contribution in [0.25, 0.3) is 33.0 Å². The minimum atomic E-state index is -2.71. The van der Waals surface area contributed by atoms with Gasteiger partial charge in [0.05, 0.1) is 23.1 Å². The van der Waals surface area contributed by atoms with Crippen molar-refractivity contribution < 1.29 is 13.6 Å². The Morgan fingerprint density at radius 1 is 1.00 bits per heavy atom. The molecule has 0 aliphatic heterocycles. The van der Waals surface area contributed by atoms with Gasteiger partial charge in [-0.3, -0.25) is 9.36 Å². The molecule has 3 heterocycles. The zero-order valence-corrected chi connectivity index (χ0v) is 18.2. The number of carbonyl (C=O) groups excluding carboxylic acids is 1. The fraction of sp³-hybridized carbons (Fsp3) is 0.0870. The number of nitrogens with one attached hydrogen (secondary N) is 1. The molecule has 1 N–H and O–H groups in total. The summed E-state index contributed by atoms with van der Waals surface area (Å²) in [5, 5.41) is 9.61. The van der Waals surface area contributed by atoms with Crippen molar-refractivity contribution in [2.45, 2.75) is 13.0 Å². The minimum absolute atomic E-state index is 0.156. The SMILES string of the molecule is O=C(Cc1csc(-c2ccsc2)n1)Nc1ccc(-c2nc3ccccc3n2C(F)F)cc1. The second-order valence-corrected chi connectivity index (χ2v) is 8.67. The number of thiazole rings is 1. The zero-order chi connectivity index (χ0) is 22.1. The van der Waals surface area contributed by atoms with Crippen LogP contribution in [0.4, 0.5) is 14.5 Å². The first-order chi connectivity index (χ1) is 15.6. The summed E-state index contributed by atoms with van der Waals surface area (Å²) < 4.78 is 28.3. The predicted octanol–water partition coefficient (Wildman–Crippen LogP) is 6.46. The van der Waals surface area contributed by atoms with Crippen molar-refractivity contribution in [3.63, 3.8) is 0 Å². The molecule has 160 valence electrons. The van der Waals surface area contributed by atoms with E-state index in [1.54, 1.807) is 59.9 Å². The number of para-hydroxylation sites is 2. The van der Waals surface area contributed by atoms with Crippen molar-refractivity contribution >= 4 is 45.3 Å². The van der Waals surface area contributed by atoms with Gasteiger partial charge >= 0.3 is 6.55 Å². The van der Waals surface area contributed by atoms with Crippen LogP contribution in [-0.4, -0.2) is 20.4 Å². The van der Waals surface area contributed by atoms with E-state index in [2.05, 4.69) is 15.3 Å². The van der Waals surface area contributed by atoms with Gasteiger partial charge in [-0.15, -0.1) is 11.3 Å². The Hall–Kier alpha value is -3.43. The van der Waals surface area contributed by atoms with E-state index < -0.39 is 6.55 Å². The van der Waals surface area contributed by atoms with E-state index in [4.69, 9.17) is 0 Å². The van der Waals surface area contributed by atoms with Gasteiger partial charge < -0.3 is 5.32 Å². The second kappa shape index (κ2) is 8.60. The average Bonchev–Trinajstić information content (AvgIpc) is 3.53. The summed E-state index contributed by atoms with van der Waals surface area (Å²) in [6.07, 6.45) is 0.156. The highest BCUT2D eigenvalue weighted by Crippen LogP contribution is 2.30. The topological polar surface area (TPSA) is 59.8 Å². The summed E-state index contributed by atoms with van der Waals surface area (Å²) in [6.45, 7) is -2.71. The van der Waals surface area contributed by atoms with Crippen LogP contribution in [0.2, 0.25) is 0 Å². The number of imidazole rings is 1. The number of thiophene rings is 1. The summed E-state index contributed by atoms with van der Waals surface area (Å²) in [5.41, 5.74) is 3.75. The number of benzene rings is 2. The normalized spacial score (nSPS) is 11.3. The molecule has 0 fully saturated rings. The van der Waals surface area contributed by atoms with Gasteiger partial charge in [0, 0.05) is 27.6 Å². The smallest absolute Gasteiger partial charge is 0.320 e. The number of alkyl halides is 2. The highest BCUT2D eigenvalue weighted by Gasteiger charge is 2.19. The lowest BCUT2D eigenvalue weighted by atomic mass is 10.2. The van der Waals surface area contributed by atoms with Gasteiger partial charge in [-0.2, -0.15) is 20.1 Å². The van der Waals surface area contributed by atoms with Crippen molar-refractivity contribution in [3.8, 4) is 22.0 Å². The maximum atomic E-state index is 13.7. The Balaban J connectivity index is 1.31. The first-order valence-electron chi connectivity index (χ1n) is 9.71. The van der Waals surface area contributed by atoms with Crippen molar-refractivity contribution in [1.29, 1.82) is 0 Å². The van der Waals surface area contributed by atoms with Crippen LogP contribution >= 0.6 is 22.7 Å².